The highest BCUT2D eigenvalue weighted by molar-refractivity contribution is 6.99. The highest BCUT2D eigenvalue weighted by atomic mass is 35.5. The van der Waals surface area contributed by atoms with E-state index < -0.39 is 56.2 Å². The number of halogens is 1. The van der Waals surface area contributed by atoms with Crippen LogP contribution in [0.5, 0.6) is 0 Å². The van der Waals surface area contributed by atoms with Crippen LogP contribution in [0.25, 0.3) is 0 Å². The van der Waals surface area contributed by atoms with Gasteiger partial charge < -0.3 is 23.4 Å². The Morgan fingerprint density at radius 1 is 0.763 bits per heavy atom. The van der Waals surface area contributed by atoms with Crippen molar-refractivity contribution in [2.45, 2.75) is 76.6 Å². The van der Waals surface area contributed by atoms with Crippen LogP contribution in [0.4, 0.5) is 0 Å². The first-order valence-corrected chi connectivity index (χ1v) is 14.8. The predicted molar refractivity (Wildman–Crippen MR) is 145 cm³/mol. The number of rotatable bonds is 8. The van der Waals surface area contributed by atoms with E-state index in [1.54, 1.807) is 0 Å². The standard InChI is InChI=1S/C28H35ClO8Si/c1-18(30)34-24-23(37-27(29)26(36-20(3)32)25(24)35-19(2)31)17-33-38(28(4,5)6,21-13-9-7-10-14-21)22-15-11-8-12-16-22/h7-16,23-27H,17H2,1-6H3/t23-,24+,25+,26-,27+/m1/s1. The van der Waals surface area contributed by atoms with Gasteiger partial charge in [0.1, 0.15) is 6.10 Å². The van der Waals surface area contributed by atoms with E-state index >= 15 is 0 Å². The molecule has 0 spiro atoms. The molecule has 2 aromatic rings. The van der Waals surface area contributed by atoms with Crippen LogP contribution in [0.15, 0.2) is 60.7 Å². The van der Waals surface area contributed by atoms with Crippen LogP contribution in [-0.2, 0) is 37.8 Å². The molecule has 1 saturated heterocycles. The van der Waals surface area contributed by atoms with Gasteiger partial charge in [-0.15, -0.1) is 0 Å². The minimum atomic E-state index is -2.98. The third kappa shape index (κ3) is 6.64. The summed E-state index contributed by atoms with van der Waals surface area (Å²) in [4.78, 5) is 35.9. The second-order valence-electron chi connectivity index (χ2n) is 10.2. The number of alkyl halides is 1. The van der Waals surface area contributed by atoms with E-state index in [0.717, 1.165) is 10.4 Å². The van der Waals surface area contributed by atoms with Crippen LogP contribution in [0.3, 0.4) is 0 Å². The van der Waals surface area contributed by atoms with E-state index in [9.17, 15) is 14.4 Å². The van der Waals surface area contributed by atoms with Crippen LogP contribution in [-0.4, -0.2) is 62.8 Å². The fourth-order valence-corrected chi connectivity index (χ4v) is 9.84. The van der Waals surface area contributed by atoms with Gasteiger partial charge in [0.2, 0.25) is 0 Å². The van der Waals surface area contributed by atoms with E-state index in [4.69, 9.17) is 35.0 Å². The second kappa shape index (κ2) is 12.4. The Labute approximate surface area is 229 Å². The second-order valence-corrected chi connectivity index (χ2v) is 15.0. The summed E-state index contributed by atoms with van der Waals surface area (Å²) >= 11 is 6.50. The summed E-state index contributed by atoms with van der Waals surface area (Å²) in [5, 5.41) is 1.78. The summed E-state index contributed by atoms with van der Waals surface area (Å²) in [7, 11) is -2.98. The van der Waals surface area contributed by atoms with Crippen molar-refractivity contribution in [3.8, 4) is 0 Å². The van der Waals surface area contributed by atoms with Crippen LogP contribution in [0, 0.1) is 0 Å². The van der Waals surface area contributed by atoms with E-state index in [1.165, 1.54) is 20.8 Å². The summed E-state index contributed by atoms with van der Waals surface area (Å²) in [6, 6.07) is 20.0. The molecule has 1 heterocycles. The van der Waals surface area contributed by atoms with Gasteiger partial charge in [0, 0.05) is 20.8 Å². The Kier molecular flexibility index (Phi) is 9.75. The Morgan fingerprint density at radius 3 is 1.61 bits per heavy atom. The normalized spacial score (nSPS) is 23.8. The molecular formula is C28H35ClO8Si. The molecule has 0 N–H and O–H groups in total. The van der Waals surface area contributed by atoms with Crippen molar-refractivity contribution in [2.75, 3.05) is 6.61 Å². The molecule has 2 aromatic carbocycles. The molecule has 0 saturated carbocycles. The third-order valence-electron chi connectivity index (χ3n) is 6.36. The van der Waals surface area contributed by atoms with Crippen molar-refractivity contribution in [1.29, 1.82) is 0 Å². The van der Waals surface area contributed by atoms with E-state index in [1.807, 2.05) is 36.4 Å². The summed E-state index contributed by atoms with van der Waals surface area (Å²) in [5.41, 5.74) is -1.18. The number of benzene rings is 2. The van der Waals surface area contributed by atoms with Gasteiger partial charge in [0.25, 0.3) is 8.32 Å². The maximum atomic E-state index is 12.1. The molecule has 8 nitrogen and oxygen atoms in total. The van der Waals surface area contributed by atoms with Crippen molar-refractivity contribution in [2.24, 2.45) is 0 Å². The van der Waals surface area contributed by atoms with Gasteiger partial charge in [-0.2, -0.15) is 0 Å². The van der Waals surface area contributed by atoms with Gasteiger partial charge in [-0.05, 0) is 15.4 Å². The van der Waals surface area contributed by atoms with Gasteiger partial charge in [-0.25, -0.2) is 0 Å². The van der Waals surface area contributed by atoms with Gasteiger partial charge in [-0.3, -0.25) is 14.4 Å². The topological polar surface area (TPSA) is 97.4 Å². The summed E-state index contributed by atoms with van der Waals surface area (Å²) < 4.78 is 29.4. The molecule has 38 heavy (non-hydrogen) atoms. The Hall–Kier alpha value is -2.72. The molecule has 0 amide bonds. The van der Waals surface area contributed by atoms with Gasteiger partial charge in [0.05, 0.1) is 6.61 Å². The minimum Gasteiger partial charge on any atom is -0.456 e. The summed E-state index contributed by atoms with van der Waals surface area (Å²) in [6.07, 6.45) is -4.43. The minimum absolute atomic E-state index is 0.0288. The Bertz CT molecular complexity index is 1070. The van der Waals surface area contributed by atoms with E-state index in [2.05, 4.69) is 45.0 Å². The molecule has 0 aromatic heterocycles. The number of carbonyl (C=O) groups excluding carboxylic acids is 3. The Balaban J connectivity index is 2.06. The highest BCUT2D eigenvalue weighted by Gasteiger charge is 2.54. The Morgan fingerprint density at radius 2 is 1.18 bits per heavy atom. The molecule has 3 rings (SSSR count). The number of hydrogen-bond acceptors (Lipinski definition) is 8. The quantitative estimate of drug-likeness (QED) is 0.209. The first-order valence-electron chi connectivity index (χ1n) is 12.4. The van der Waals surface area contributed by atoms with Crippen LogP contribution in [0.1, 0.15) is 41.5 Å². The molecular weight excluding hydrogens is 528 g/mol. The monoisotopic (exact) mass is 562 g/mol. The third-order valence-corrected chi connectivity index (χ3v) is 11.7. The smallest absolute Gasteiger partial charge is 0.303 e. The number of esters is 3. The van der Waals surface area contributed by atoms with Crippen LogP contribution in [0.2, 0.25) is 5.04 Å². The van der Waals surface area contributed by atoms with Crippen molar-refractivity contribution in [3.63, 3.8) is 0 Å². The number of ether oxygens (including phenoxy) is 4. The maximum absolute atomic E-state index is 12.1. The summed E-state index contributed by atoms with van der Waals surface area (Å²) in [6.45, 7) is 10.0. The lowest BCUT2D eigenvalue weighted by atomic mass is 9.99. The molecule has 206 valence electrons. The molecule has 5 atom stereocenters. The molecule has 1 aliphatic heterocycles. The SMILES string of the molecule is CC(=O)O[C@@H]1[C@@H](OC(C)=O)[C@@H](Cl)O[C@H](CO[Si](c2ccccc2)(c2ccccc2)C(C)(C)C)[C@@H]1OC(C)=O. The molecule has 0 bridgehead atoms. The van der Waals surface area contributed by atoms with E-state index in [-0.39, 0.29) is 11.6 Å². The van der Waals surface area contributed by atoms with Gasteiger partial charge in [-0.1, -0.05) is 93.0 Å². The molecule has 0 unspecified atom stereocenters. The first kappa shape index (κ1) is 29.8. The molecule has 1 fully saturated rings. The predicted octanol–water partition coefficient (Wildman–Crippen LogP) is 3.32. The lowest BCUT2D eigenvalue weighted by Gasteiger charge is -2.46. The van der Waals surface area contributed by atoms with Crippen molar-refractivity contribution >= 4 is 48.2 Å². The van der Waals surface area contributed by atoms with Crippen molar-refractivity contribution in [3.05, 3.63) is 60.7 Å². The maximum Gasteiger partial charge on any atom is 0.303 e. The zero-order valence-electron chi connectivity index (χ0n) is 22.5. The largest absolute Gasteiger partial charge is 0.456 e. The zero-order valence-corrected chi connectivity index (χ0v) is 24.3. The molecule has 0 aliphatic carbocycles. The summed E-state index contributed by atoms with van der Waals surface area (Å²) in [5.74, 6) is -1.92. The fraction of sp³-hybridized carbons (Fsp3) is 0.464. The van der Waals surface area contributed by atoms with E-state index in [0.29, 0.717) is 0 Å². The lowest BCUT2D eigenvalue weighted by Crippen LogP contribution is -2.68. The van der Waals surface area contributed by atoms with Gasteiger partial charge in [0.15, 0.2) is 23.9 Å². The molecule has 1 aliphatic rings. The average Bonchev–Trinajstić information content (AvgIpc) is 2.83. The highest BCUT2D eigenvalue weighted by Crippen LogP contribution is 2.38. The van der Waals surface area contributed by atoms with Gasteiger partial charge >= 0.3 is 17.9 Å². The zero-order chi connectivity index (χ0) is 28.1. The van der Waals surface area contributed by atoms with Crippen LogP contribution >= 0.6 is 11.6 Å². The number of hydrogen-bond donors (Lipinski definition) is 0. The number of carbonyl (C=O) groups is 3. The van der Waals surface area contributed by atoms with Crippen molar-refractivity contribution < 1.29 is 37.8 Å². The fourth-order valence-electron chi connectivity index (χ4n) is 4.94. The van der Waals surface area contributed by atoms with Crippen LogP contribution < -0.4 is 10.4 Å². The first-order chi connectivity index (χ1) is 17.9. The average molecular weight is 563 g/mol. The van der Waals surface area contributed by atoms with Crippen molar-refractivity contribution in [1.82, 2.24) is 0 Å². The molecule has 0 radical (unpaired) electrons. The molecule has 10 heteroatoms. The lowest BCUT2D eigenvalue weighted by molar-refractivity contribution is -0.236.